The van der Waals surface area contributed by atoms with Crippen molar-refractivity contribution in [3.63, 3.8) is 0 Å². The normalized spacial score (nSPS) is 10.9. The molecule has 0 bridgehead atoms. The van der Waals surface area contributed by atoms with Gasteiger partial charge in [0.1, 0.15) is 0 Å². The zero-order valence-corrected chi connectivity index (χ0v) is 14.3. The lowest BCUT2D eigenvalue weighted by molar-refractivity contribution is -0.129. The maximum absolute atomic E-state index is 12.3. The van der Waals surface area contributed by atoms with Crippen molar-refractivity contribution in [2.24, 2.45) is 0 Å². The number of aromatic nitrogens is 2. The predicted octanol–water partition coefficient (Wildman–Crippen LogP) is 3.44. The summed E-state index contributed by atoms with van der Waals surface area (Å²) in [4.78, 5) is 18.2. The number of likely N-dealkylation sites (N-methyl/N-ethyl adjacent to an activating group) is 1. The van der Waals surface area contributed by atoms with Crippen molar-refractivity contribution >= 4 is 16.8 Å². The molecule has 2 aromatic heterocycles. The van der Waals surface area contributed by atoms with Crippen LogP contribution in [0.25, 0.3) is 10.9 Å². The molecule has 4 nitrogen and oxygen atoms in total. The number of hydrogen-bond acceptors (Lipinski definition) is 2. The Balaban J connectivity index is 1.57. The van der Waals surface area contributed by atoms with Gasteiger partial charge in [-0.15, -0.1) is 0 Å². The molecule has 3 rings (SSSR count). The number of rotatable bonds is 6. The third-order valence-corrected chi connectivity index (χ3v) is 4.48. The number of aryl methyl sites for hydroxylation is 2. The maximum atomic E-state index is 12.3. The fourth-order valence-corrected chi connectivity index (χ4v) is 3.01. The van der Waals surface area contributed by atoms with Gasteiger partial charge in [0.15, 0.2) is 0 Å². The summed E-state index contributed by atoms with van der Waals surface area (Å²) in [5.74, 6) is 0.181. The molecule has 0 atom stereocenters. The number of fused-ring (bicyclic) bond motifs is 1. The number of carbonyl (C=O) groups is 1. The van der Waals surface area contributed by atoms with Gasteiger partial charge in [-0.05, 0) is 48.6 Å². The van der Waals surface area contributed by atoms with Crippen LogP contribution in [0.4, 0.5) is 0 Å². The molecule has 0 radical (unpaired) electrons. The van der Waals surface area contributed by atoms with Gasteiger partial charge < -0.3 is 9.47 Å². The van der Waals surface area contributed by atoms with Gasteiger partial charge in [-0.1, -0.05) is 18.2 Å². The lowest BCUT2D eigenvalue weighted by Crippen LogP contribution is -2.30. The van der Waals surface area contributed by atoms with Crippen LogP contribution in [0.2, 0.25) is 0 Å². The molecule has 0 aliphatic carbocycles. The number of para-hydroxylation sites is 1. The summed E-state index contributed by atoms with van der Waals surface area (Å²) in [5.41, 5.74) is 3.61. The van der Waals surface area contributed by atoms with Gasteiger partial charge in [0, 0.05) is 50.2 Å². The minimum atomic E-state index is 0.181. The Bertz CT molecular complexity index is 823. The van der Waals surface area contributed by atoms with Crippen LogP contribution in [0, 0.1) is 6.92 Å². The van der Waals surface area contributed by atoms with Crippen LogP contribution in [0.1, 0.15) is 17.7 Å². The number of pyridine rings is 1. The van der Waals surface area contributed by atoms with E-state index in [1.807, 2.05) is 24.1 Å². The van der Waals surface area contributed by atoms with Gasteiger partial charge in [0.2, 0.25) is 5.91 Å². The molecule has 1 aromatic carbocycles. The van der Waals surface area contributed by atoms with Crippen LogP contribution in [0.15, 0.2) is 54.9 Å². The number of amides is 1. The molecule has 124 valence electrons. The Morgan fingerprint density at radius 2 is 1.92 bits per heavy atom. The standard InChI is InChI=1S/C20H23N3O/c1-16-15-18-5-3-4-6-19(18)23(16)14-13-22(2)20(24)8-7-17-9-11-21-12-10-17/h3-6,9-12,15H,7-8,13-14H2,1-2H3. The SMILES string of the molecule is Cc1cc2ccccc2n1CCN(C)C(=O)CCc1ccncc1. The summed E-state index contributed by atoms with van der Waals surface area (Å²) < 4.78 is 2.28. The zero-order chi connectivity index (χ0) is 16.9. The van der Waals surface area contributed by atoms with Crippen LogP contribution in [0.3, 0.4) is 0 Å². The molecule has 0 unspecified atom stereocenters. The summed E-state index contributed by atoms with van der Waals surface area (Å²) in [6, 6.07) is 14.5. The summed E-state index contributed by atoms with van der Waals surface area (Å²) in [5, 5.41) is 1.25. The monoisotopic (exact) mass is 321 g/mol. The zero-order valence-electron chi connectivity index (χ0n) is 14.3. The lowest BCUT2D eigenvalue weighted by Gasteiger charge is -2.19. The number of carbonyl (C=O) groups excluding carboxylic acids is 1. The summed E-state index contributed by atoms with van der Waals surface area (Å²) in [6.07, 6.45) is 4.83. The van der Waals surface area contributed by atoms with E-state index in [0.29, 0.717) is 13.0 Å². The Labute approximate surface area is 142 Å². The van der Waals surface area contributed by atoms with Gasteiger partial charge in [0.05, 0.1) is 0 Å². The van der Waals surface area contributed by atoms with Crippen LogP contribution in [0.5, 0.6) is 0 Å². The van der Waals surface area contributed by atoms with Crippen molar-refractivity contribution in [3.05, 3.63) is 66.1 Å². The summed E-state index contributed by atoms with van der Waals surface area (Å²) in [7, 11) is 1.88. The van der Waals surface area contributed by atoms with E-state index in [1.165, 1.54) is 16.6 Å². The fourth-order valence-electron chi connectivity index (χ4n) is 3.01. The molecule has 1 amide bonds. The molecule has 0 aliphatic heterocycles. The van der Waals surface area contributed by atoms with E-state index in [4.69, 9.17) is 0 Å². The molecule has 0 fully saturated rings. The van der Waals surface area contributed by atoms with E-state index in [2.05, 4.69) is 46.8 Å². The first-order chi connectivity index (χ1) is 11.6. The van der Waals surface area contributed by atoms with E-state index in [0.717, 1.165) is 18.5 Å². The second-order valence-electron chi connectivity index (χ2n) is 6.17. The summed E-state index contributed by atoms with van der Waals surface area (Å²) >= 11 is 0. The van der Waals surface area contributed by atoms with Gasteiger partial charge in [-0.25, -0.2) is 0 Å². The second kappa shape index (κ2) is 7.30. The minimum Gasteiger partial charge on any atom is -0.344 e. The smallest absolute Gasteiger partial charge is 0.222 e. The quantitative estimate of drug-likeness (QED) is 0.697. The van der Waals surface area contributed by atoms with E-state index in [9.17, 15) is 4.79 Å². The van der Waals surface area contributed by atoms with E-state index in [-0.39, 0.29) is 5.91 Å². The van der Waals surface area contributed by atoms with Crippen molar-refractivity contribution in [3.8, 4) is 0 Å². The third kappa shape index (κ3) is 3.65. The number of benzene rings is 1. The molecule has 2 heterocycles. The topological polar surface area (TPSA) is 38.1 Å². The highest BCUT2D eigenvalue weighted by molar-refractivity contribution is 5.81. The molecular weight excluding hydrogens is 298 g/mol. The van der Waals surface area contributed by atoms with E-state index in [1.54, 1.807) is 12.4 Å². The molecule has 0 spiro atoms. The summed E-state index contributed by atoms with van der Waals surface area (Å²) in [6.45, 7) is 3.65. The molecule has 0 saturated heterocycles. The Morgan fingerprint density at radius 1 is 1.17 bits per heavy atom. The van der Waals surface area contributed by atoms with Crippen molar-refractivity contribution in [1.82, 2.24) is 14.5 Å². The second-order valence-corrected chi connectivity index (χ2v) is 6.17. The molecule has 4 heteroatoms. The highest BCUT2D eigenvalue weighted by Gasteiger charge is 2.11. The fraction of sp³-hybridized carbons (Fsp3) is 0.300. The molecule has 3 aromatic rings. The molecular formula is C20H23N3O. The molecule has 24 heavy (non-hydrogen) atoms. The lowest BCUT2D eigenvalue weighted by atomic mass is 10.1. The molecule has 0 aliphatic rings. The van der Waals surface area contributed by atoms with Crippen LogP contribution in [-0.2, 0) is 17.8 Å². The van der Waals surface area contributed by atoms with Crippen molar-refractivity contribution in [2.75, 3.05) is 13.6 Å². The average Bonchev–Trinajstić information content (AvgIpc) is 2.93. The number of nitrogens with zero attached hydrogens (tertiary/aromatic N) is 3. The Morgan fingerprint density at radius 3 is 2.71 bits per heavy atom. The first kappa shape index (κ1) is 16.2. The van der Waals surface area contributed by atoms with Crippen LogP contribution < -0.4 is 0 Å². The Hall–Kier alpha value is -2.62. The van der Waals surface area contributed by atoms with E-state index >= 15 is 0 Å². The highest BCUT2D eigenvalue weighted by atomic mass is 16.2. The van der Waals surface area contributed by atoms with Crippen molar-refractivity contribution < 1.29 is 4.79 Å². The van der Waals surface area contributed by atoms with Crippen LogP contribution in [-0.4, -0.2) is 34.0 Å². The van der Waals surface area contributed by atoms with Crippen molar-refractivity contribution in [1.29, 1.82) is 0 Å². The minimum absolute atomic E-state index is 0.181. The van der Waals surface area contributed by atoms with Gasteiger partial charge in [-0.2, -0.15) is 0 Å². The van der Waals surface area contributed by atoms with Crippen molar-refractivity contribution in [2.45, 2.75) is 26.3 Å². The largest absolute Gasteiger partial charge is 0.344 e. The Kier molecular flexibility index (Phi) is 4.94. The maximum Gasteiger partial charge on any atom is 0.222 e. The van der Waals surface area contributed by atoms with Gasteiger partial charge in [-0.3, -0.25) is 9.78 Å². The predicted molar refractivity (Wildman–Crippen MR) is 96.9 cm³/mol. The average molecular weight is 321 g/mol. The van der Waals surface area contributed by atoms with Gasteiger partial charge in [0.25, 0.3) is 0 Å². The first-order valence-electron chi connectivity index (χ1n) is 8.33. The van der Waals surface area contributed by atoms with Gasteiger partial charge >= 0.3 is 0 Å². The molecule has 0 saturated carbocycles. The third-order valence-electron chi connectivity index (χ3n) is 4.48. The van der Waals surface area contributed by atoms with E-state index < -0.39 is 0 Å². The number of hydrogen-bond donors (Lipinski definition) is 0. The van der Waals surface area contributed by atoms with Crippen LogP contribution >= 0.6 is 0 Å². The first-order valence-corrected chi connectivity index (χ1v) is 8.33. The highest BCUT2D eigenvalue weighted by Crippen LogP contribution is 2.19. The molecule has 0 N–H and O–H groups in total.